The Morgan fingerprint density at radius 2 is 2.21 bits per heavy atom. The van der Waals surface area contributed by atoms with Crippen molar-refractivity contribution in [2.24, 2.45) is 0 Å². The maximum Gasteiger partial charge on any atom is 0.252 e. The maximum atomic E-state index is 12.6. The van der Waals surface area contributed by atoms with E-state index >= 15 is 0 Å². The summed E-state index contributed by atoms with van der Waals surface area (Å²) in [4.78, 5) is 16.9. The number of aromatic nitrogens is 2. The quantitative estimate of drug-likeness (QED) is 0.683. The number of ether oxygens (including phenoxy) is 1. The molecule has 3 aromatic rings. The van der Waals surface area contributed by atoms with E-state index in [1.807, 2.05) is 12.1 Å². The molecular formula is C21H21N3O4. The predicted octanol–water partition coefficient (Wildman–Crippen LogP) is 2.79. The molecule has 1 heterocycles. The van der Waals surface area contributed by atoms with Crippen LogP contribution in [0.5, 0.6) is 0 Å². The Morgan fingerprint density at radius 1 is 1.32 bits per heavy atom. The smallest absolute Gasteiger partial charge is 0.252 e. The fraction of sp³-hybridized carbons (Fsp3) is 0.286. The molecule has 2 N–H and O–H groups in total. The number of hydrogen-bond donors (Lipinski definition) is 2. The molecule has 0 bridgehead atoms. The lowest BCUT2D eigenvalue weighted by Crippen LogP contribution is -2.27. The number of methoxy groups -OCH3 is 1. The SMILES string of the molecule is COCc1nc(-c2ccc3c(c2)CCC3NC(=O)c2cccc(CO)c2)no1. The second kappa shape index (κ2) is 7.92. The lowest BCUT2D eigenvalue weighted by Gasteiger charge is -2.15. The number of amides is 1. The van der Waals surface area contributed by atoms with E-state index in [0.717, 1.165) is 29.5 Å². The molecule has 1 aliphatic carbocycles. The van der Waals surface area contributed by atoms with Crippen molar-refractivity contribution < 1.29 is 19.2 Å². The zero-order valence-corrected chi connectivity index (χ0v) is 15.5. The molecule has 1 unspecified atom stereocenters. The number of aliphatic hydroxyl groups excluding tert-OH is 1. The van der Waals surface area contributed by atoms with E-state index in [1.165, 1.54) is 5.56 Å². The molecule has 1 amide bonds. The lowest BCUT2D eigenvalue weighted by atomic mass is 10.0. The van der Waals surface area contributed by atoms with E-state index in [4.69, 9.17) is 9.26 Å². The van der Waals surface area contributed by atoms with Crippen LogP contribution in [0.15, 0.2) is 47.0 Å². The van der Waals surface area contributed by atoms with Gasteiger partial charge in [-0.3, -0.25) is 4.79 Å². The van der Waals surface area contributed by atoms with Gasteiger partial charge in [0, 0.05) is 18.2 Å². The van der Waals surface area contributed by atoms with Gasteiger partial charge in [-0.2, -0.15) is 4.98 Å². The second-order valence-corrected chi connectivity index (χ2v) is 6.78. The number of rotatable bonds is 6. The number of carbonyl (C=O) groups is 1. The number of hydrogen-bond acceptors (Lipinski definition) is 6. The van der Waals surface area contributed by atoms with Crippen LogP contribution in [0.1, 0.15) is 45.4 Å². The van der Waals surface area contributed by atoms with Crippen molar-refractivity contribution in [1.29, 1.82) is 0 Å². The van der Waals surface area contributed by atoms with Crippen LogP contribution >= 0.6 is 0 Å². The van der Waals surface area contributed by atoms with Crippen molar-refractivity contribution >= 4 is 5.91 Å². The average molecular weight is 379 g/mol. The van der Waals surface area contributed by atoms with Crippen LogP contribution in [0.3, 0.4) is 0 Å². The topological polar surface area (TPSA) is 97.5 Å². The van der Waals surface area contributed by atoms with Crippen LogP contribution in [0.25, 0.3) is 11.4 Å². The summed E-state index contributed by atoms with van der Waals surface area (Å²) in [7, 11) is 1.58. The zero-order chi connectivity index (χ0) is 19.5. The highest BCUT2D eigenvalue weighted by Crippen LogP contribution is 2.34. The van der Waals surface area contributed by atoms with Gasteiger partial charge in [0.2, 0.25) is 5.82 Å². The molecule has 7 heteroatoms. The van der Waals surface area contributed by atoms with Gasteiger partial charge >= 0.3 is 0 Å². The molecule has 0 spiro atoms. The Morgan fingerprint density at radius 3 is 3.04 bits per heavy atom. The van der Waals surface area contributed by atoms with Crippen LogP contribution in [0, 0.1) is 0 Å². The Bertz CT molecular complexity index is 999. The highest BCUT2D eigenvalue weighted by atomic mass is 16.5. The van der Waals surface area contributed by atoms with E-state index < -0.39 is 0 Å². The minimum absolute atomic E-state index is 0.0383. The molecule has 2 aromatic carbocycles. The molecule has 0 radical (unpaired) electrons. The van der Waals surface area contributed by atoms with E-state index in [9.17, 15) is 9.90 Å². The number of carbonyl (C=O) groups excluding carboxylic acids is 1. The summed E-state index contributed by atoms with van der Waals surface area (Å²) in [6, 6.07) is 13.0. The van der Waals surface area contributed by atoms with Crippen LogP contribution in [0.4, 0.5) is 0 Å². The third kappa shape index (κ3) is 3.67. The molecule has 0 saturated heterocycles. The third-order valence-electron chi connectivity index (χ3n) is 4.89. The summed E-state index contributed by atoms with van der Waals surface area (Å²) in [6.07, 6.45) is 1.71. The van der Waals surface area contributed by atoms with Crippen molar-refractivity contribution in [2.75, 3.05) is 7.11 Å². The molecule has 1 aromatic heterocycles. The molecule has 1 aliphatic rings. The number of nitrogens with one attached hydrogen (secondary N) is 1. The van der Waals surface area contributed by atoms with Crippen LogP contribution in [-0.4, -0.2) is 28.3 Å². The fourth-order valence-electron chi connectivity index (χ4n) is 3.51. The van der Waals surface area contributed by atoms with Gasteiger partial charge in [0.1, 0.15) is 6.61 Å². The second-order valence-electron chi connectivity index (χ2n) is 6.78. The lowest BCUT2D eigenvalue weighted by molar-refractivity contribution is 0.0936. The molecule has 7 nitrogen and oxygen atoms in total. The van der Waals surface area contributed by atoms with Crippen LogP contribution in [0.2, 0.25) is 0 Å². The average Bonchev–Trinajstić information content (AvgIpc) is 3.35. The summed E-state index contributed by atoms with van der Waals surface area (Å²) >= 11 is 0. The maximum absolute atomic E-state index is 12.6. The third-order valence-corrected chi connectivity index (χ3v) is 4.89. The van der Waals surface area contributed by atoms with E-state index in [2.05, 4.69) is 21.5 Å². The van der Waals surface area contributed by atoms with E-state index in [0.29, 0.717) is 17.3 Å². The van der Waals surface area contributed by atoms with Crippen LogP contribution in [-0.2, 0) is 24.4 Å². The summed E-state index contributed by atoms with van der Waals surface area (Å²) in [6.45, 7) is 0.196. The summed E-state index contributed by atoms with van der Waals surface area (Å²) in [5.41, 5.74) is 4.43. The van der Waals surface area contributed by atoms with Gasteiger partial charge < -0.3 is 19.7 Å². The van der Waals surface area contributed by atoms with Gasteiger partial charge in [0.05, 0.1) is 12.6 Å². The molecule has 0 aliphatic heterocycles. The number of aryl methyl sites for hydroxylation is 1. The normalized spacial score (nSPS) is 15.4. The largest absolute Gasteiger partial charge is 0.392 e. The Hall–Kier alpha value is -3.03. The molecule has 144 valence electrons. The molecule has 1 atom stereocenters. The summed E-state index contributed by atoms with van der Waals surface area (Å²) < 4.78 is 10.2. The van der Waals surface area contributed by atoms with Gasteiger partial charge in [0.25, 0.3) is 11.8 Å². The highest BCUT2D eigenvalue weighted by Gasteiger charge is 2.25. The first-order valence-electron chi connectivity index (χ1n) is 9.13. The van der Waals surface area contributed by atoms with Gasteiger partial charge in [-0.15, -0.1) is 0 Å². The van der Waals surface area contributed by atoms with Crippen molar-refractivity contribution in [1.82, 2.24) is 15.5 Å². The zero-order valence-electron chi connectivity index (χ0n) is 15.5. The van der Waals surface area contributed by atoms with Crippen molar-refractivity contribution in [3.63, 3.8) is 0 Å². The van der Waals surface area contributed by atoms with Crippen LogP contribution < -0.4 is 5.32 Å². The molecule has 0 fully saturated rings. The number of aliphatic hydroxyl groups is 1. The van der Waals surface area contributed by atoms with Gasteiger partial charge in [-0.05, 0) is 47.7 Å². The van der Waals surface area contributed by atoms with E-state index in [1.54, 1.807) is 31.4 Å². The Kier molecular flexibility index (Phi) is 5.18. The minimum Gasteiger partial charge on any atom is -0.392 e. The van der Waals surface area contributed by atoms with Gasteiger partial charge in [-0.1, -0.05) is 29.4 Å². The first-order valence-corrected chi connectivity index (χ1v) is 9.13. The van der Waals surface area contributed by atoms with Crippen molar-refractivity contribution in [3.05, 3.63) is 70.6 Å². The first kappa shape index (κ1) is 18.3. The van der Waals surface area contributed by atoms with E-state index in [-0.39, 0.29) is 25.2 Å². The molecule has 4 rings (SSSR count). The predicted molar refractivity (Wildman–Crippen MR) is 101 cm³/mol. The number of nitrogens with zero attached hydrogens (tertiary/aromatic N) is 2. The Balaban J connectivity index is 1.50. The van der Waals surface area contributed by atoms with Gasteiger partial charge in [0.15, 0.2) is 0 Å². The number of fused-ring (bicyclic) bond motifs is 1. The summed E-state index contributed by atoms with van der Waals surface area (Å²) in [5.74, 6) is 0.830. The molecule has 28 heavy (non-hydrogen) atoms. The molecular weight excluding hydrogens is 358 g/mol. The molecule has 0 saturated carbocycles. The monoisotopic (exact) mass is 379 g/mol. The standard InChI is InChI=1S/C21H21N3O4/c1-27-12-19-23-20(24-28-19)15-5-7-17-14(10-15)6-8-18(17)22-21(26)16-4-2-3-13(9-16)11-25/h2-5,7,9-10,18,25H,6,8,11-12H2,1H3,(H,22,26). The highest BCUT2D eigenvalue weighted by molar-refractivity contribution is 5.94. The van der Waals surface area contributed by atoms with Gasteiger partial charge in [-0.25, -0.2) is 0 Å². The first-order chi connectivity index (χ1) is 13.7. The van der Waals surface area contributed by atoms with Crippen molar-refractivity contribution in [2.45, 2.75) is 32.1 Å². The minimum atomic E-state index is -0.139. The fourth-order valence-corrected chi connectivity index (χ4v) is 3.51. The summed E-state index contributed by atoms with van der Waals surface area (Å²) in [5, 5.41) is 16.3. The number of benzene rings is 2. The van der Waals surface area contributed by atoms with Crippen molar-refractivity contribution in [3.8, 4) is 11.4 Å². The Labute approximate surface area is 162 Å².